The number of nitrogens with zero attached hydrogens (tertiary/aromatic N) is 3. The molecule has 10 heteroatoms. The van der Waals surface area contributed by atoms with Gasteiger partial charge in [-0.15, -0.1) is 11.8 Å². The number of para-hydroxylation sites is 1. The highest BCUT2D eigenvalue weighted by Crippen LogP contribution is 2.49. The number of aryl methyl sites for hydroxylation is 1. The Balaban J connectivity index is 1.70. The van der Waals surface area contributed by atoms with Crippen LogP contribution in [0, 0.1) is 18.6 Å². The summed E-state index contributed by atoms with van der Waals surface area (Å²) in [5.41, 5.74) is 2.66. The van der Waals surface area contributed by atoms with Gasteiger partial charge in [0.25, 0.3) is 0 Å². The van der Waals surface area contributed by atoms with Crippen LogP contribution in [0.5, 0.6) is 0 Å². The topological polar surface area (TPSA) is 80.4 Å². The highest BCUT2D eigenvalue weighted by molar-refractivity contribution is 8.00. The second kappa shape index (κ2) is 10.9. The van der Waals surface area contributed by atoms with Gasteiger partial charge in [-0.2, -0.15) is 5.10 Å². The van der Waals surface area contributed by atoms with E-state index in [4.69, 9.17) is 9.52 Å². The largest absolute Gasteiger partial charge is 0.467 e. The molecule has 0 radical (unpaired) electrons. The number of amides is 2. The summed E-state index contributed by atoms with van der Waals surface area (Å²) in [6.07, 6.45) is 1.52. The SMILES string of the molecule is Cc1ccccc1-n1nc(C(C)(C)C)c2c1N(CC(=O)NCc1ccco1)C(=O)CS[C@H]2c1ccc(F)cc1F. The van der Waals surface area contributed by atoms with Crippen molar-refractivity contribution in [3.63, 3.8) is 0 Å². The van der Waals surface area contributed by atoms with Crippen molar-refractivity contribution in [1.82, 2.24) is 15.1 Å². The van der Waals surface area contributed by atoms with E-state index in [0.29, 0.717) is 22.8 Å². The first-order chi connectivity index (χ1) is 19.0. The molecule has 1 atom stereocenters. The van der Waals surface area contributed by atoms with Crippen molar-refractivity contribution in [1.29, 1.82) is 0 Å². The fraction of sp³-hybridized carbons (Fsp3) is 0.300. The van der Waals surface area contributed by atoms with Crippen LogP contribution < -0.4 is 10.2 Å². The number of hydrogen-bond donors (Lipinski definition) is 1. The lowest BCUT2D eigenvalue weighted by molar-refractivity contribution is -0.123. The molecule has 2 aromatic carbocycles. The minimum Gasteiger partial charge on any atom is -0.467 e. The molecule has 0 saturated carbocycles. The summed E-state index contributed by atoms with van der Waals surface area (Å²) < 4.78 is 36.2. The van der Waals surface area contributed by atoms with E-state index < -0.39 is 22.3 Å². The molecule has 3 heterocycles. The molecule has 2 aromatic heterocycles. The van der Waals surface area contributed by atoms with Crippen molar-refractivity contribution < 1.29 is 22.8 Å². The number of carbonyl (C=O) groups excluding carboxylic acids is 2. The summed E-state index contributed by atoms with van der Waals surface area (Å²) in [5.74, 6) is -1.13. The Hall–Kier alpha value is -3.92. The first-order valence-electron chi connectivity index (χ1n) is 12.9. The van der Waals surface area contributed by atoms with Crippen LogP contribution in [0.25, 0.3) is 5.69 Å². The maximum absolute atomic E-state index is 15.3. The van der Waals surface area contributed by atoms with E-state index in [1.807, 2.05) is 52.0 Å². The van der Waals surface area contributed by atoms with E-state index >= 15 is 4.39 Å². The predicted octanol–water partition coefficient (Wildman–Crippen LogP) is 5.84. The van der Waals surface area contributed by atoms with Crippen molar-refractivity contribution in [3.8, 4) is 5.69 Å². The summed E-state index contributed by atoms with van der Waals surface area (Å²) in [7, 11) is 0. The van der Waals surface area contributed by atoms with Crippen LogP contribution in [0.2, 0.25) is 0 Å². The summed E-state index contributed by atoms with van der Waals surface area (Å²) in [6, 6.07) is 14.6. The van der Waals surface area contributed by atoms with Crippen molar-refractivity contribution >= 4 is 29.4 Å². The Kier molecular flexibility index (Phi) is 7.55. The van der Waals surface area contributed by atoms with Gasteiger partial charge in [-0.05, 0) is 36.8 Å². The minimum atomic E-state index is -0.705. The average molecular weight is 565 g/mol. The predicted molar refractivity (Wildman–Crippen MR) is 151 cm³/mol. The van der Waals surface area contributed by atoms with Gasteiger partial charge in [0.2, 0.25) is 11.8 Å². The zero-order valence-electron chi connectivity index (χ0n) is 22.7. The normalized spacial score (nSPS) is 15.6. The van der Waals surface area contributed by atoms with Gasteiger partial charge in [-0.25, -0.2) is 13.5 Å². The number of thioether (sulfide) groups is 1. The monoisotopic (exact) mass is 564 g/mol. The number of carbonyl (C=O) groups is 2. The van der Waals surface area contributed by atoms with Crippen LogP contribution in [0.3, 0.4) is 0 Å². The van der Waals surface area contributed by atoms with Crippen LogP contribution in [-0.4, -0.2) is 33.9 Å². The molecule has 2 amide bonds. The lowest BCUT2D eigenvalue weighted by Crippen LogP contribution is -2.42. The smallest absolute Gasteiger partial charge is 0.240 e. The van der Waals surface area contributed by atoms with E-state index in [-0.39, 0.29) is 36.2 Å². The molecule has 0 saturated heterocycles. The van der Waals surface area contributed by atoms with Crippen LogP contribution in [0.4, 0.5) is 14.6 Å². The standard InChI is InChI=1S/C30H30F2N4O3S/c1-18-8-5-6-10-23(18)36-29-26(28(34-36)30(2,3)4)27(21-12-11-19(31)14-22(21)32)40-17-25(38)35(29)16-24(37)33-15-20-9-7-13-39-20/h5-14,27H,15-17H2,1-4H3,(H,33,37)/t27-/m0/s1. The Morgan fingerprint density at radius 3 is 2.60 bits per heavy atom. The highest BCUT2D eigenvalue weighted by atomic mass is 32.2. The molecule has 208 valence electrons. The lowest BCUT2D eigenvalue weighted by atomic mass is 9.87. The Morgan fingerprint density at radius 1 is 1.15 bits per heavy atom. The van der Waals surface area contributed by atoms with Crippen molar-refractivity contribution in [2.45, 2.75) is 44.9 Å². The van der Waals surface area contributed by atoms with Gasteiger partial charge in [0.05, 0.1) is 35.2 Å². The molecule has 1 aliphatic heterocycles. The molecule has 0 bridgehead atoms. The molecule has 5 rings (SSSR count). The van der Waals surface area contributed by atoms with Gasteiger partial charge in [-0.3, -0.25) is 14.5 Å². The first-order valence-corrected chi connectivity index (χ1v) is 13.9. The third-order valence-electron chi connectivity index (χ3n) is 6.73. The van der Waals surface area contributed by atoms with Gasteiger partial charge in [0.15, 0.2) is 0 Å². The fourth-order valence-corrected chi connectivity index (χ4v) is 6.02. The molecule has 1 N–H and O–H groups in total. The number of rotatable bonds is 6. The van der Waals surface area contributed by atoms with Gasteiger partial charge >= 0.3 is 0 Å². The Morgan fingerprint density at radius 2 is 1.93 bits per heavy atom. The van der Waals surface area contributed by atoms with E-state index in [1.165, 1.54) is 35.1 Å². The first kappa shape index (κ1) is 27.6. The van der Waals surface area contributed by atoms with E-state index in [1.54, 1.807) is 16.8 Å². The molecule has 0 spiro atoms. The number of furan rings is 1. The van der Waals surface area contributed by atoms with E-state index in [9.17, 15) is 14.0 Å². The quantitative estimate of drug-likeness (QED) is 0.319. The zero-order chi connectivity index (χ0) is 28.6. The third-order valence-corrected chi connectivity index (χ3v) is 7.97. The van der Waals surface area contributed by atoms with Gasteiger partial charge in [-0.1, -0.05) is 45.0 Å². The maximum atomic E-state index is 15.3. The summed E-state index contributed by atoms with van der Waals surface area (Å²) in [5, 5.41) is 7.14. The molecule has 7 nitrogen and oxygen atoms in total. The second-order valence-corrected chi connectivity index (χ2v) is 11.8. The molecule has 0 aliphatic carbocycles. The Bertz CT molecular complexity index is 1560. The molecule has 40 heavy (non-hydrogen) atoms. The molecule has 4 aromatic rings. The van der Waals surface area contributed by atoms with E-state index in [0.717, 1.165) is 17.3 Å². The molecular formula is C30H30F2N4O3S. The summed E-state index contributed by atoms with van der Waals surface area (Å²) in [6.45, 7) is 7.82. The van der Waals surface area contributed by atoms with Crippen LogP contribution in [-0.2, 0) is 21.5 Å². The van der Waals surface area contributed by atoms with Crippen LogP contribution in [0.1, 0.15) is 54.2 Å². The number of aromatic nitrogens is 2. The van der Waals surface area contributed by atoms with Gasteiger partial charge in [0.1, 0.15) is 29.8 Å². The lowest BCUT2D eigenvalue weighted by Gasteiger charge is -2.25. The number of anilines is 1. The Labute approximate surface area is 235 Å². The molecule has 1 aliphatic rings. The minimum absolute atomic E-state index is 0.0149. The van der Waals surface area contributed by atoms with Crippen molar-refractivity contribution in [3.05, 3.63) is 101 Å². The molecule has 0 unspecified atom stereocenters. The fourth-order valence-electron chi connectivity index (χ4n) is 4.80. The van der Waals surface area contributed by atoms with Crippen LogP contribution in [0.15, 0.2) is 65.3 Å². The summed E-state index contributed by atoms with van der Waals surface area (Å²) >= 11 is 1.24. The van der Waals surface area contributed by atoms with Crippen molar-refractivity contribution in [2.24, 2.45) is 0 Å². The second-order valence-electron chi connectivity index (χ2n) is 10.7. The third kappa shape index (κ3) is 5.40. The number of benzene rings is 2. The van der Waals surface area contributed by atoms with Crippen molar-refractivity contribution in [2.75, 3.05) is 17.2 Å². The highest BCUT2D eigenvalue weighted by Gasteiger charge is 2.40. The zero-order valence-corrected chi connectivity index (χ0v) is 23.5. The number of fused-ring (bicyclic) bond motifs is 1. The summed E-state index contributed by atoms with van der Waals surface area (Å²) in [4.78, 5) is 28.3. The average Bonchev–Trinajstić information content (AvgIpc) is 3.53. The van der Waals surface area contributed by atoms with E-state index in [2.05, 4.69) is 5.32 Å². The number of halogens is 2. The number of nitrogens with one attached hydrogen (secondary N) is 1. The molecular weight excluding hydrogens is 534 g/mol. The maximum Gasteiger partial charge on any atom is 0.240 e. The van der Waals surface area contributed by atoms with Crippen LogP contribution >= 0.6 is 11.8 Å². The molecule has 0 fully saturated rings. The van der Waals surface area contributed by atoms with Gasteiger partial charge < -0.3 is 9.73 Å². The van der Waals surface area contributed by atoms with Gasteiger partial charge in [0, 0.05) is 22.6 Å². The number of hydrogen-bond acceptors (Lipinski definition) is 5.